The lowest BCUT2D eigenvalue weighted by molar-refractivity contribution is -0.146. The highest BCUT2D eigenvalue weighted by Crippen LogP contribution is 2.54. The van der Waals surface area contributed by atoms with Crippen LogP contribution >= 0.6 is 0 Å². The number of amides is 1. The van der Waals surface area contributed by atoms with Gasteiger partial charge in [-0.1, -0.05) is 0 Å². The zero-order valence-electron chi connectivity index (χ0n) is 8.35. The predicted octanol–water partition coefficient (Wildman–Crippen LogP) is -0.406. The van der Waals surface area contributed by atoms with Crippen molar-refractivity contribution in [2.45, 2.75) is 25.4 Å². The summed E-state index contributed by atoms with van der Waals surface area (Å²) in [5, 5.41) is 19.8. The van der Waals surface area contributed by atoms with Crippen molar-refractivity contribution in [1.82, 2.24) is 5.32 Å². The minimum atomic E-state index is -1.50. The second-order valence-electron chi connectivity index (χ2n) is 4.52. The van der Waals surface area contributed by atoms with Gasteiger partial charge in [0, 0.05) is 5.92 Å². The third-order valence-corrected chi connectivity index (χ3v) is 3.37. The van der Waals surface area contributed by atoms with Gasteiger partial charge < -0.3 is 15.5 Å². The van der Waals surface area contributed by atoms with Crippen LogP contribution < -0.4 is 5.32 Å². The lowest BCUT2D eigenvalue weighted by Gasteiger charge is -2.13. The monoisotopic (exact) mass is 213 g/mol. The summed E-state index contributed by atoms with van der Waals surface area (Å²) in [6, 6.07) is 0. The van der Waals surface area contributed by atoms with E-state index < -0.39 is 12.1 Å². The fourth-order valence-corrected chi connectivity index (χ4v) is 2.36. The molecular weight excluding hydrogens is 198 g/mol. The van der Waals surface area contributed by atoms with Crippen molar-refractivity contribution in [1.29, 1.82) is 0 Å². The van der Waals surface area contributed by atoms with Crippen molar-refractivity contribution >= 4 is 11.9 Å². The molecule has 3 N–H and O–H groups in total. The number of aliphatic hydroxyl groups excluding tert-OH is 1. The number of fused-ring (bicyclic) bond motifs is 1. The van der Waals surface area contributed by atoms with Crippen molar-refractivity contribution in [3.05, 3.63) is 0 Å². The molecule has 2 unspecified atom stereocenters. The van der Waals surface area contributed by atoms with E-state index in [-0.39, 0.29) is 18.4 Å². The number of carboxylic acids is 1. The topological polar surface area (TPSA) is 86.6 Å². The van der Waals surface area contributed by atoms with Gasteiger partial charge in [-0.25, -0.2) is 4.79 Å². The van der Waals surface area contributed by atoms with Crippen molar-refractivity contribution in [2.75, 3.05) is 6.54 Å². The molecule has 0 radical (unpaired) electrons. The van der Waals surface area contributed by atoms with E-state index in [1.807, 2.05) is 0 Å². The van der Waals surface area contributed by atoms with E-state index in [0.717, 1.165) is 24.7 Å². The van der Waals surface area contributed by atoms with Crippen LogP contribution in [0.4, 0.5) is 0 Å². The lowest BCUT2D eigenvalue weighted by atomic mass is 10.0. The average molecular weight is 213 g/mol. The molecule has 84 valence electrons. The molecule has 2 saturated carbocycles. The minimum Gasteiger partial charge on any atom is -0.479 e. The summed E-state index contributed by atoms with van der Waals surface area (Å²) in [6.45, 7) is -0.194. The van der Waals surface area contributed by atoms with Gasteiger partial charge in [0.1, 0.15) is 0 Å². The van der Waals surface area contributed by atoms with Crippen molar-refractivity contribution in [3.8, 4) is 0 Å². The number of hydrogen-bond donors (Lipinski definition) is 3. The summed E-state index contributed by atoms with van der Waals surface area (Å²) in [5.74, 6) is 0.0807. The first kappa shape index (κ1) is 10.4. The van der Waals surface area contributed by atoms with Gasteiger partial charge in [0.2, 0.25) is 5.91 Å². The van der Waals surface area contributed by atoms with E-state index in [0.29, 0.717) is 0 Å². The normalized spacial score (nSPS) is 34.3. The number of carboxylic acid groups (broad SMARTS) is 1. The number of nitrogens with one attached hydrogen (secondary N) is 1. The van der Waals surface area contributed by atoms with Crippen LogP contribution in [-0.4, -0.2) is 34.7 Å². The van der Waals surface area contributed by atoms with E-state index >= 15 is 0 Å². The Morgan fingerprint density at radius 3 is 2.40 bits per heavy atom. The van der Waals surface area contributed by atoms with Crippen LogP contribution in [-0.2, 0) is 9.59 Å². The molecule has 0 heterocycles. The Morgan fingerprint density at radius 2 is 1.87 bits per heavy atom. The van der Waals surface area contributed by atoms with Crippen LogP contribution in [0.2, 0.25) is 0 Å². The van der Waals surface area contributed by atoms with Crippen LogP contribution in [0.15, 0.2) is 0 Å². The molecule has 2 aliphatic rings. The third kappa shape index (κ3) is 2.28. The molecule has 0 aromatic rings. The van der Waals surface area contributed by atoms with E-state index in [1.54, 1.807) is 0 Å². The SMILES string of the molecule is O=C(NC[C@H](O)C(=O)O)C1CC2CC2C1. The Labute approximate surface area is 87.5 Å². The summed E-state index contributed by atoms with van der Waals surface area (Å²) in [7, 11) is 0. The second kappa shape index (κ2) is 3.81. The number of rotatable bonds is 4. The summed E-state index contributed by atoms with van der Waals surface area (Å²) < 4.78 is 0. The molecule has 2 fully saturated rings. The summed E-state index contributed by atoms with van der Waals surface area (Å²) in [6.07, 6.45) is 1.62. The second-order valence-corrected chi connectivity index (χ2v) is 4.52. The van der Waals surface area contributed by atoms with Crippen LogP contribution in [0, 0.1) is 17.8 Å². The Morgan fingerprint density at radius 1 is 1.27 bits per heavy atom. The molecule has 0 spiro atoms. The molecule has 15 heavy (non-hydrogen) atoms. The summed E-state index contributed by atoms with van der Waals surface area (Å²) >= 11 is 0. The molecular formula is C10H15NO4. The lowest BCUT2D eigenvalue weighted by Crippen LogP contribution is -2.39. The molecule has 5 nitrogen and oxygen atoms in total. The highest BCUT2D eigenvalue weighted by atomic mass is 16.4. The van der Waals surface area contributed by atoms with Gasteiger partial charge in [0.05, 0.1) is 6.54 Å². The zero-order valence-corrected chi connectivity index (χ0v) is 8.35. The Bertz CT molecular complexity index is 281. The largest absolute Gasteiger partial charge is 0.479 e. The molecule has 0 aliphatic heterocycles. The first-order valence-electron chi connectivity index (χ1n) is 5.26. The first-order valence-corrected chi connectivity index (χ1v) is 5.26. The maximum Gasteiger partial charge on any atom is 0.334 e. The average Bonchev–Trinajstić information content (AvgIpc) is 2.81. The molecule has 2 aliphatic carbocycles. The van der Waals surface area contributed by atoms with E-state index in [2.05, 4.69) is 5.32 Å². The molecule has 1 amide bonds. The van der Waals surface area contributed by atoms with Gasteiger partial charge in [-0.2, -0.15) is 0 Å². The summed E-state index contributed by atoms with van der Waals surface area (Å²) in [5.41, 5.74) is 0. The van der Waals surface area contributed by atoms with E-state index in [4.69, 9.17) is 10.2 Å². The predicted molar refractivity (Wildman–Crippen MR) is 51.0 cm³/mol. The number of aliphatic hydroxyl groups is 1. The molecule has 0 saturated heterocycles. The number of hydrogen-bond acceptors (Lipinski definition) is 3. The maximum absolute atomic E-state index is 11.5. The van der Waals surface area contributed by atoms with Gasteiger partial charge in [-0.05, 0) is 31.1 Å². The van der Waals surface area contributed by atoms with Crippen LogP contribution in [0.5, 0.6) is 0 Å². The maximum atomic E-state index is 11.5. The van der Waals surface area contributed by atoms with Crippen LogP contribution in [0.25, 0.3) is 0 Å². The third-order valence-electron chi connectivity index (χ3n) is 3.37. The molecule has 0 aromatic heterocycles. The molecule has 0 aromatic carbocycles. The Hall–Kier alpha value is -1.10. The van der Waals surface area contributed by atoms with Crippen molar-refractivity contribution in [2.24, 2.45) is 17.8 Å². The first-order chi connectivity index (χ1) is 7.08. The highest BCUT2D eigenvalue weighted by molar-refractivity contribution is 5.80. The Balaban J connectivity index is 1.70. The van der Waals surface area contributed by atoms with Gasteiger partial charge >= 0.3 is 5.97 Å². The van der Waals surface area contributed by atoms with Gasteiger partial charge in [0.25, 0.3) is 0 Å². The van der Waals surface area contributed by atoms with Crippen molar-refractivity contribution < 1.29 is 19.8 Å². The number of carbonyl (C=O) groups is 2. The zero-order chi connectivity index (χ0) is 11.0. The molecule has 0 bridgehead atoms. The summed E-state index contributed by atoms with van der Waals surface area (Å²) in [4.78, 5) is 21.8. The van der Waals surface area contributed by atoms with E-state index in [9.17, 15) is 9.59 Å². The quantitative estimate of drug-likeness (QED) is 0.592. The van der Waals surface area contributed by atoms with Gasteiger partial charge in [-0.3, -0.25) is 4.79 Å². The number of aliphatic carboxylic acids is 1. The number of carbonyl (C=O) groups excluding carboxylic acids is 1. The fraction of sp³-hybridized carbons (Fsp3) is 0.800. The molecule has 5 heteroatoms. The van der Waals surface area contributed by atoms with Crippen LogP contribution in [0.3, 0.4) is 0 Å². The minimum absolute atomic E-state index is 0.0368. The van der Waals surface area contributed by atoms with Crippen molar-refractivity contribution in [3.63, 3.8) is 0 Å². The Kier molecular flexibility index (Phi) is 2.65. The molecule has 3 atom stereocenters. The van der Waals surface area contributed by atoms with Crippen LogP contribution in [0.1, 0.15) is 19.3 Å². The van der Waals surface area contributed by atoms with Gasteiger partial charge in [-0.15, -0.1) is 0 Å². The molecule has 2 rings (SSSR count). The van der Waals surface area contributed by atoms with E-state index in [1.165, 1.54) is 6.42 Å². The van der Waals surface area contributed by atoms with Gasteiger partial charge in [0.15, 0.2) is 6.10 Å². The smallest absolute Gasteiger partial charge is 0.334 e. The highest BCUT2D eigenvalue weighted by Gasteiger charge is 2.47. The standard InChI is InChI=1S/C10H15NO4/c12-8(10(14)15)4-11-9(13)7-2-5-1-6(5)3-7/h5-8,12H,1-4H2,(H,11,13)(H,14,15)/t5?,6?,7?,8-/m0/s1. The fourth-order valence-electron chi connectivity index (χ4n) is 2.36.